The number of thiophene rings is 1. The molecule has 0 atom stereocenters. The molecular weight excluding hydrogens is 183 g/mol. The summed E-state index contributed by atoms with van der Waals surface area (Å²) in [7, 11) is 0. The molecule has 0 spiro atoms. The van der Waals surface area contributed by atoms with Crippen molar-refractivity contribution in [1.82, 2.24) is 0 Å². The van der Waals surface area contributed by atoms with Crippen molar-refractivity contribution in [2.75, 3.05) is 0 Å². The van der Waals surface area contributed by atoms with Gasteiger partial charge >= 0.3 is 0 Å². The Morgan fingerprint density at radius 2 is 2.08 bits per heavy atom. The van der Waals surface area contributed by atoms with E-state index in [1.807, 2.05) is 19.2 Å². The molecule has 0 amide bonds. The Balaban J connectivity index is 3.08. The van der Waals surface area contributed by atoms with Crippen molar-refractivity contribution in [1.29, 1.82) is 0 Å². The first-order chi connectivity index (χ1) is 6.04. The molecule has 1 aromatic rings. The molecule has 70 valence electrons. The van der Waals surface area contributed by atoms with Crippen molar-refractivity contribution in [2.45, 2.75) is 13.8 Å². The molecular formula is C11H13FS. The lowest BCUT2D eigenvalue weighted by atomic mass is 10.0. The van der Waals surface area contributed by atoms with Gasteiger partial charge in [0.1, 0.15) is 5.83 Å². The van der Waals surface area contributed by atoms with Gasteiger partial charge in [0.25, 0.3) is 0 Å². The van der Waals surface area contributed by atoms with Gasteiger partial charge in [0.15, 0.2) is 0 Å². The fraction of sp³-hybridized carbons (Fsp3) is 0.273. The molecule has 0 saturated carbocycles. The summed E-state index contributed by atoms with van der Waals surface area (Å²) in [5.41, 5.74) is 1.56. The molecule has 0 aromatic carbocycles. The van der Waals surface area contributed by atoms with Crippen molar-refractivity contribution in [3.8, 4) is 0 Å². The van der Waals surface area contributed by atoms with Gasteiger partial charge in [-0.25, -0.2) is 4.39 Å². The molecule has 0 nitrogen and oxygen atoms in total. The number of rotatable bonds is 3. The lowest BCUT2D eigenvalue weighted by molar-refractivity contribution is 0.762. The van der Waals surface area contributed by atoms with Gasteiger partial charge in [-0.05, 0) is 22.9 Å². The molecule has 1 aromatic heterocycles. The van der Waals surface area contributed by atoms with Crippen LogP contribution < -0.4 is 0 Å². The van der Waals surface area contributed by atoms with Gasteiger partial charge in [-0.2, -0.15) is 0 Å². The third kappa shape index (κ3) is 2.07. The zero-order chi connectivity index (χ0) is 10.0. The highest BCUT2D eigenvalue weighted by Gasteiger charge is 2.12. The van der Waals surface area contributed by atoms with Gasteiger partial charge in [0, 0.05) is 10.4 Å². The lowest BCUT2D eigenvalue weighted by Gasteiger charge is -2.08. The van der Waals surface area contributed by atoms with Gasteiger partial charge in [-0.1, -0.05) is 27.0 Å². The molecule has 0 radical (unpaired) electrons. The van der Waals surface area contributed by atoms with E-state index >= 15 is 0 Å². The summed E-state index contributed by atoms with van der Waals surface area (Å²) in [5, 5.41) is 1.86. The molecule has 0 aliphatic carbocycles. The first-order valence-electron chi connectivity index (χ1n) is 4.15. The molecule has 1 rings (SSSR count). The molecule has 0 aliphatic rings. The molecule has 0 N–H and O–H groups in total. The Morgan fingerprint density at radius 3 is 2.54 bits per heavy atom. The van der Waals surface area contributed by atoms with Crippen LogP contribution in [-0.4, -0.2) is 0 Å². The van der Waals surface area contributed by atoms with Crippen LogP contribution in [0.5, 0.6) is 0 Å². The van der Waals surface area contributed by atoms with Crippen LogP contribution in [0, 0.1) is 5.92 Å². The second-order valence-electron chi connectivity index (χ2n) is 3.25. The maximum Gasteiger partial charge on any atom is 0.124 e. The van der Waals surface area contributed by atoms with Crippen LogP contribution in [0.3, 0.4) is 0 Å². The minimum absolute atomic E-state index is 0.344. The SMILES string of the molecule is C=C(F)c1ccsc1C(=C)C(C)C. The summed E-state index contributed by atoms with van der Waals surface area (Å²) in [5.74, 6) is -0.0326. The summed E-state index contributed by atoms with van der Waals surface area (Å²) in [4.78, 5) is 0.919. The van der Waals surface area contributed by atoms with Crippen LogP contribution in [0.25, 0.3) is 11.4 Å². The van der Waals surface area contributed by atoms with Gasteiger partial charge in [-0.3, -0.25) is 0 Å². The second-order valence-corrected chi connectivity index (χ2v) is 4.16. The summed E-state index contributed by atoms with van der Waals surface area (Å²) >= 11 is 1.51. The highest BCUT2D eigenvalue weighted by molar-refractivity contribution is 7.11. The third-order valence-electron chi connectivity index (χ3n) is 1.95. The van der Waals surface area contributed by atoms with Gasteiger partial charge in [-0.15, -0.1) is 11.3 Å². The van der Waals surface area contributed by atoms with E-state index < -0.39 is 0 Å². The summed E-state index contributed by atoms with van der Waals surface area (Å²) in [6.45, 7) is 11.3. The van der Waals surface area contributed by atoms with Crippen LogP contribution in [0.4, 0.5) is 4.39 Å². The molecule has 0 unspecified atom stereocenters. The maximum atomic E-state index is 12.9. The highest BCUT2D eigenvalue weighted by Crippen LogP contribution is 2.33. The summed E-state index contributed by atoms with van der Waals surface area (Å²) < 4.78 is 12.9. The quantitative estimate of drug-likeness (QED) is 0.674. The first kappa shape index (κ1) is 10.2. The van der Waals surface area contributed by atoms with Crippen molar-refractivity contribution in [2.24, 2.45) is 5.92 Å². The van der Waals surface area contributed by atoms with E-state index in [4.69, 9.17) is 0 Å². The van der Waals surface area contributed by atoms with Crippen LogP contribution in [0.1, 0.15) is 24.3 Å². The summed E-state index contributed by atoms with van der Waals surface area (Å²) in [6, 6.07) is 1.75. The van der Waals surface area contributed by atoms with Crippen LogP contribution in [0.15, 0.2) is 24.6 Å². The maximum absolute atomic E-state index is 12.9. The molecule has 1 heterocycles. The first-order valence-corrected chi connectivity index (χ1v) is 5.03. The monoisotopic (exact) mass is 196 g/mol. The number of allylic oxidation sites excluding steroid dienone is 1. The van der Waals surface area contributed by atoms with Crippen molar-refractivity contribution in [3.63, 3.8) is 0 Å². The third-order valence-corrected chi connectivity index (χ3v) is 2.94. The molecule has 13 heavy (non-hydrogen) atoms. The zero-order valence-electron chi connectivity index (χ0n) is 7.93. The van der Waals surface area contributed by atoms with E-state index in [1.54, 1.807) is 6.07 Å². The fourth-order valence-corrected chi connectivity index (χ4v) is 2.07. The van der Waals surface area contributed by atoms with E-state index in [2.05, 4.69) is 13.2 Å². The molecule has 0 aliphatic heterocycles. The Morgan fingerprint density at radius 1 is 1.46 bits per heavy atom. The van der Waals surface area contributed by atoms with E-state index in [9.17, 15) is 4.39 Å². The minimum atomic E-state index is -0.377. The topological polar surface area (TPSA) is 0 Å². The van der Waals surface area contributed by atoms with Crippen LogP contribution >= 0.6 is 11.3 Å². The highest BCUT2D eigenvalue weighted by atomic mass is 32.1. The normalized spacial score (nSPS) is 10.5. The average molecular weight is 196 g/mol. The standard InChI is InChI=1S/C11H13FS/c1-7(2)8(3)11-10(9(4)12)5-6-13-11/h5-7H,3-4H2,1-2H3. The predicted octanol–water partition coefficient (Wildman–Crippen LogP) is 4.36. The van der Waals surface area contributed by atoms with Crippen molar-refractivity contribution < 1.29 is 4.39 Å². The molecule has 2 heteroatoms. The lowest BCUT2D eigenvalue weighted by Crippen LogP contribution is -1.91. The largest absolute Gasteiger partial charge is 0.207 e. The van der Waals surface area contributed by atoms with E-state index in [1.165, 1.54) is 11.3 Å². The van der Waals surface area contributed by atoms with Crippen LogP contribution in [-0.2, 0) is 0 Å². The van der Waals surface area contributed by atoms with Crippen molar-refractivity contribution in [3.05, 3.63) is 35.0 Å². The fourth-order valence-electron chi connectivity index (χ4n) is 1.03. The summed E-state index contributed by atoms with van der Waals surface area (Å²) in [6.07, 6.45) is 0. The predicted molar refractivity (Wildman–Crippen MR) is 58.3 cm³/mol. The number of halogens is 1. The zero-order valence-corrected chi connectivity index (χ0v) is 8.75. The Hall–Kier alpha value is -0.890. The molecule has 0 saturated heterocycles. The Bertz CT molecular complexity index is 334. The second kappa shape index (κ2) is 3.88. The smallest absolute Gasteiger partial charge is 0.124 e. The average Bonchev–Trinajstić information content (AvgIpc) is 2.50. The minimum Gasteiger partial charge on any atom is -0.207 e. The molecule has 0 fully saturated rings. The molecule has 0 bridgehead atoms. The van der Waals surface area contributed by atoms with Gasteiger partial charge < -0.3 is 0 Å². The number of hydrogen-bond acceptors (Lipinski definition) is 1. The van der Waals surface area contributed by atoms with Crippen molar-refractivity contribution >= 4 is 22.7 Å². The van der Waals surface area contributed by atoms with Gasteiger partial charge in [0.05, 0.1) is 0 Å². The van der Waals surface area contributed by atoms with E-state index in [0.29, 0.717) is 11.5 Å². The van der Waals surface area contributed by atoms with Gasteiger partial charge in [0.2, 0.25) is 0 Å². The van der Waals surface area contributed by atoms with E-state index in [-0.39, 0.29) is 5.83 Å². The Kier molecular flexibility index (Phi) is 3.04. The number of hydrogen-bond donors (Lipinski definition) is 0. The van der Waals surface area contributed by atoms with Crippen LogP contribution in [0.2, 0.25) is 0 Å². The van der Waals surface area contributed by atoms with E-state index in [0.717, 1.165) is 10.5 Å². The Labute approximate surface area is 82.4 Å².